The fourth-order valence-electron chi connectivity index (χ4n) is 7.45. The van der Waals surface area contributed by atoms with Crippen molar-refractivity contribution in [2.24, 2.45) is 0 Å². The monoisotopic (exact) mass is 587 g/mol. The smallest absolute Gasteiger partial charge is 0.434 e. The van der Waals surface area contributed by atoms with Crippen LogP contribution in [-0.2, 0) is 0 Å². The molecule has 0 unspecified atom stereocenters. The highest BCUT2D eigenvalue weighted by molar-refractivity contribution is 6.84. The predicted octanol–water partition coefficient (Wildman–Crippen LogP) is 9.39. The average Bonchev–Trinajstić information content (AvgIpc) is 3.46. The largest absolute Gasteiger partial charge is 0.551 e. The van der Waals surface area contributed by atoms with E-state index in [1.54, 1.807) is 0 Å². The minimum Gasteiger partial charge on any atom is -0.551 e. The van der Waals surface area contributed by atoms with Crippen LogP contribution in [-0.4, -0.2) is 11.5 Å². The number of aromatic nitrogens is 1. The number of ether oxygens (including phenoxy) is 1. The number of para-hydroxylation sites is 2. The highest BCUT2D eigenvalue weighted by atomic mass is 16.5. The van der Waals surface area contributed by atoms with Crippen LogP contribution < -0.4 is 20.3 Å². The van der Waals surface area contributed by atoms with Crippen LogP contribution >= 0.6 is 0 Å². The lowest BCUT2D eigenvalue weighted by molar-refractivity contribution is 0.479. The number of hydrogen-bond acceptors (Lipinski definition) is 2. The van der Waals surface area contributed by atoms with E-state index >= 15 is 0 Å². The second-order valence-corrected chi connectivity index (χ2v) is 12.0. The van der Waals surface area contributed by atoms with Gasteiger partial charge in [-0.05, 0) is 70.3 Å². The Morgan fingerprint density at radius 1 is 0.435 bits per heavy atom. The first-order valence-electron chi connectivity index (χ1n) is 15.7. The van der Waals surface area contributed by atoms with Gasteiger partial charge in [0.05, 0.1) is 11.0 Å². The van der Waals surface area contributed by atoms with Crippen LogP contribution in [0.2, 0.25) is 0 Å². The summed E-state index contributed by atoms with van der Waals surface area (Å²) < 4.78 is 15.9. The lowest BCUT2D eigenvalue weighted by Crippen LogP contribution is -2.53. The van der Waals surface area contributed by atoms with E-state index in [4.69, 9.17) is 9.39 Å². The van der Waals surface area contributed by atoms with Crippen LogP contribution in [0.15, 0.2) is 158 Å². The molecule has 0 radical (unpaired) electrons. The molecule has 0 spiro atoms. The predicted molar refractivity (Wildman–Crippen MR) is 189 cm³/mol. The van der Waals surface area contributed by atoms with E-state index < -0.39 is 0 Å². The average molecular weight is 587 g/mol. The summed E-state index contributed by atoms with van der Waals surface area (Å²) >= 11 is 0. The Kier molecular flexibility index (Phi) is 5.37. The molecule has 2 aliphatic rings. The summed E-state index contributed by atoms with van der Waals surface area (Å²) in [6, 6.07) is 55.8. The first-order valence-corrected chi connectivity index (χ1v) is 15.7. The highest BCUT2D eigenvalue weighted by Crippen LogP contribution is 2.42. The number of nitrogens with zero attached hydrogens (tertiary/aromatic N) is 1. The zero-order valence-electron chi connectivity index (χ0n) is 24.9. The fraction of sp³-hybridized carbons (Fsp3) is 0. The maximum Gasteiger partial charge on any atom is 0.434 e. The Bertz CT molecular complexity index is 2440. The third-order valence-corrected chi connectivity index (χ3v) is 9.50. The van der Waals surface area contributed by atoms with Crippen molar-refractivity contribution in [3.05, 3.63) is 158 Å². The molecular weight excluding hydrogens is 561 g/mol. The van der Waals surface area contributed by atoms with Crippen LogP contribution in [0.5, 0.6) is 17.2 Å². The topological polar surface area (TPSA) is 23.4 Å². The minimum atomic E-state index is -0.273. The van der Waals surface area contributed by atoms with Crippen molar-refractivity contribution in [2.45, 2.75) is 0 Å². The van der Waals surface area contributed by atoms with E-state index in [1.807, 2.05) is 0 Å². The van der Waals surface area contributed by atoms with Crippen LogP contribution in [0.3, 0.4) is 0 Å². The molecule has 3 heterocycles. The van der Waals surface area contributed by atoms with Crippen molar-refractivity contribution in [3.63, 3.8) is 0 Å². The van der Waals surface area contributed by atoms with Crippen LogP contribution in [0.25, 0.3) is 60.9 Å². The number of fused-ring (bicyclic) bond motifs is 7. The van der Waals surface area contributed by atoms with Gasteiger partial charge in [-0.3, -0.25) is 0 Å². The molecule has 3 nitrogen and oxygen atoms in total. The lowest BCUT2D eigenvalue weighted by Gasteiger charge is -2.33. The van der Waals surface area contributed by atoms with Gasteiger partial charge in [-0.1, -0.05) is 115 Å². The third kappa shape index (κ3) is 3.67. The van der Waals surface area contributed by atoms with Crippen molar-refractivity contribution in [2.75, 3.05) is 0 Å². The summed E-state index contributed by atoms with van der Waals surface area (Å²) in [4.78, 5) is 0. The summed E-state index contributed by atoms with van der Waals surface area (Å²) in [5, 5.41) is 2.50. The Labute approximate surface area is 267 Å². The Hall–Kier alpha value is -6.00. The highest BCUT2D eigenvalue weighted by Gasteiger charge is 2.41. The van der Waals surface area contributed by atoms with Crippen molar-refractivity contribution >= 4 is 39.6 Å². The first-order chi connectivity index (χ1) is 22.8. The van der Waals surface area contributed by atoms with E-state index in [9.17, 15) is 0 Å². The van der Waals surface area contributed by atoms with Gasteiger partial charge < -0.3 is 14.0 Å². The molecule has 8 aromatic rings. The van der Waals surface area contributed by atoms with E-state index in [2.05, 4.69) is 162 Å². The fourth-order valence-corrected chi connectivity index (χ4v) is 7.45. The number of rotatable bonds is 3. The molecule has 1 aromatic heterocycles. The van der Waals surface area contributed by atoms with Gasteiger partial charge in [0.1, 0.15) is 17.2 Å². The molecule has 0 saturated heterocycles. The van der Waals surface area contributed by atoms with Gasteiger partial charge in [0, 0.05) is 32.9 Å². The van der Waals surface area contributed by atoms with Gasteiger partial charge in [0.2, 0.25) is 0 Å². The molecule has 0 fully saturated rings. The van der Waals surface area contributed by atoms with E-state index in [-0.39, 0.29) is 6.92 Å². The molecule has 4 heteroatoms. The van der Waals surface area contributed by atoms with Gasteiger partial charge in [-0.2, -0.15) is 0 Å². The standard InChI is InChI=1S/C42H26BNO2/c1-2-11-27(12-3-1)30-13-4-5-14-31(30)28-21-23-40-36(25-28)43-42-34(17-10-20-41(42)45-40)35-26-29(22-24-39(35)46-43)44-37-18-8-6-15-32(37)33-16-7-9-19-38(33)44/h1-26H. The number of hydrogen-bond donors (Lipinski definition) is 0. The van der Waals surface area contributed by atoms with Crippen molar-refractivity contribution < 1.29 is 9.39 Å². The quantitative estimate of drug-likeness (QED) is 0.192. The van der Waals surface area contributed by atoms with Gasteiger partial charge in [-0.25, -0.2) is 0 Å². The van der Waals surface area contributed by atoms with Gasteiger partial charge in [0.25, 0.3) is 0 Å². The summed E-state index contributed by atoms with van der Waals surface area (Å²) in [5.74, 6) is 2.56. The molecule has 0 N–H and O–H groups in total. The van der Waals surface area contributed by atoms with Gasteiger partial charge in [0.15, 0.2) is 0 Å². The molecule has 214 valence electrons. The Morgan fingerprint density at radius 3 is 1.87 bits per heavy atom. The van der Waals surface area contributed by atoms with Gasteiger partial charge >= 0.3 is 6.92 Å². The number of benzene rings is 7. The third-order valence-electron chi connectivity index (χ3n) is 9.50. The molecule has 0 aliphatic carbocycles. The zero-order valence-corrected chi connectivity index (χ0v) is 24.9. The zero-order chi connectivity index (χ0) is 30.2. The van der Waals surface area contributed by atoms with Crippen molar-refractivity contribution in [3.8, 4) is 56.3 Å². The normalized spacial score (nSPS) is 12.7. The Balaban J connectivity index is 1.12. The second kappa shape index (κ2) is 9.75. The second-order valence-electron chi connectivity index (χ2n) is 12.0. The summed E-state index contributed by atoms with van der Waals surface area (Å²) in [5.41, 5.74) is 12.5. The maximum absolute atomic E-state index is 6.93. The maximum atomic E-state index is 6.93. The molecule has 0 amide bonds. The molecule has 0 atom stereocenters. The van der Waals surface area contributed by atoms with Gasteiger partial charge in [-0.15, -0.1) is 0 Å². The SMILES string of the molecule is c1ccc(-c2ccccc2-c2ccc3c(c2)B2Oc4ccc(-n5c6ccccc6c6ccccc65)cc4-c4cccc(c42)O3)cc1. The summed E-state index contributed by atoms with van der Waals surface area (Å²) in [7, 11) is 0. The molecule has 46 heavy (non-hydrogen) atoms. The van der Waals surface area contributed by atoms with E-state index in [1.165, 1.54) is 38.5 Å². The van der Waals surface area contributed by atoms with Crippen molar-refractivity contribution in [1.82, 2.24) is 4.57 Å². The molecule has 2 aliphatic heterocycles. The van der Waals surface area contributed by atoms with Crippen LogP contribution in [0.4, 0.5) is 0 Å². The summed E-state index contributed by atoms with van der Waals surface area (Å²) in [6.07, 6.45) is 0. The van der Waals surface area contributed by atoms with E-state index in [0.29, 0.717) is 0 Å². The molecule has 10 rings (SSSR count). The minimum absolute atomic E-state index is 0.273. The Morgan fingerprint density at radius 2 is 1.09 bits per heavy atom. The molecule has 7 aromatic carbocycles. The molecule has 0 saturated carbocycles. The molecular formula is C42H26BNO2. The van der Waals surface area contributed by atoms with E-state index in [0.717, 1.165) is 50.6 Å². The molecule has 0 bridgehead atoms. The summed E-state index contributed by atoms with van der Waals surface area (Å²) in [6.45, 7) is -0.273. The lowest BCUT2D eigenvalue weighted by atomic mass is 9.50. The van der Waals surface area contributed by atoms with Crippen molar-refractivity contribution in [1.29, 1.82) is 0 Å². The van der Waals surface area contributed by atoms with Crippen LogP contribution in [0.1, 0.15) is 0 Å². The van der Waals surface area contributed by atoms with Crippen LogP contribution in [0, 0.1) is 0 Å². The first kappa shape index (κ1) is 25.3.